The molecule has 4 heterocycles. The Bertz CT molecular complexity index is 1210. The van der Waals surface area contributed by atoms with E-state index in [4.69, 9.17) is 0 Å². The molecule has 0 aromatic carbocycles. The lowest BCUT2D eigenvalue weighted by Crippen LogP contribution is -2.04. The Morgan fingerprint density at radius 2 is 1.34 bits per heavy atom. The van der Waals surface area contributed by atoms with Crippen LogP contribution in [0.25, 0.3) is 33.2 Å². The van der Waals surface area contributed by atoms with Gasteiger partial charge in [-0.25, -0.2) is 4.98 Å². The predicted molar refractivity (Wildman–Crippen MR) is 121 cm³/mol. The van der Waals surface area contributed by atoms with Crippen LogP contribution in [0.15, 0.2) is 36.4 Å². The molecule has 0 radical (unpaired) electrons. The normalized spacial score (nSPS) is 12.4. The molecule has 0 bridgehead atoms. The van der Waals surface area contributed by atoms with Crippen LogP contribution in [0.3, 0.4) is 0 Å². The topological polar surface area (TPSA) is 70.2 Å². The molecule has 0 amide bonds. The summed E-state index contributed by atoms with van der Waals surface area (Å²) in [5, 5.41) is 11.3. The standard InChI is InChI=1S/C23H21F6N5S/c1-2-3-4-5-6-14-7-8-19(35-14)13-9-15(17-11-20(33-31-17)22(24,25)26)30-16(10-13)18-12-21(34-32-18)23(27,28)29/h7-12H,2-6H2,1H3,(H,31,33)(H,32,34). The van der Waals surface area contributed by atoms with Crippen LogP contribution in [0.5, 0.6) is 0 Å². The lowest BCUT2D eigenvalue weighted by Gasteiger charge is -2.06. The van der Waals surface area contributed by atoms with Crippen molar-refractivity contribution in [3.05, 3.63) is 52.7 Å². The number of unbranched alkanes of at least 4 members (excludes halogenated alkanes) is 3. The van der Waals surface area contributed by atoms with E-state index in [1.807, 2.05) is 12.1 Å². The van der Waals surface area contributed by atoms with Gasteiger partial charge in [-0.05, 0) is 54.8 Å². The van der Waals surface area contributed by atoms with Gasteiger partial charge in [0.15, 0.2) is 11.4 Å². The van der Waals surface area contributed by atoms with Crippen LogP contribution in [0.4, 0.5) is 26.3 Å². The third kappa shape index (κ3) is 5.92. The summed E-state index contributed by atoms with van der Waals surface area (Å²) in [4.78, 5) is 6.27. The zero-order valence-electron chi connectivity index (χ0n) is 18.5. The Balaban J connectivity index is 1.73. The highest BCUT2D eigenvalue weighted by Crippen LogP contribution is 2.36. The Morgan fingerprint density at radius 1 is 0.771 bits per heavy atom. The molecule has 0 aliphatic carbocycles. The van der Waals surface area contributed by atoms with Crippen LogP contribution in [-0.2, 0) is 18.8 Å². The van der Waals surface area contributed by atoms with E-state index in [1.165, 1.54) is 11.3 Å². The number of alkyl halides is 6. The third-order valence-corrected chi connectivity index (χ3v) is 6.53. The van der Waals surface area contributed by atoms with Crippen LogP contribution in [0.2, 0.25) is 0 Å². The molecule has 0 aliphatic rings. The number of aryl methyl sites for hydroxylation is 1. The predicted octanol–water partition coefficient (Wildman–Crippen LogP) is 7.75. The molecule has 35 heavy (non-hydrogen) atoms. The highest BCUT2D eigenvalue weighted by molar-refractivity contribution is 7.15. The number of H-pyrrole nitrogens is 2. The molecule has 0 saturated heterocycles. The Morgan fingerprint density at radius 3 is 1.83 bits per heavy atom. The van der Waals surface area contributed by atoms with Crippen molar-refractivity contribution in [2.24, 2.45) is 0 Å². The third-order valence-electron chi connectivity index (χ3n) is 5.34. The summed E-state index contributed by atoms with van der Waals surface area (Å²) in [5.74, 6) is 0. The lowest BCUT2D eigenvalue weighted by molar-refractivity contribution is -0.142. The first kappa shape index (κ1) is 25.0. The van der Waals surface area contributed by atoms with Crippen molar-refractivity contribution in [1.29, 1.82) is 0 Å². The second-order valence-electron chi connectivity index (χ2n) is 8.03. The summed E-state index contributed by atoms with van der Waals surface area (Å²) in [6.45, 7) is 2.14. The molecule has 4 aromatic heterocycles. The van der Waals surface area contributed by atoms with E-state index in [-0.39, 0.29) is 22.8 Å². The van der Waals surface area contributed by atoms with Gasteiger partial charge in [0.05, 0.1) is 22.8 Å². The van der Waals surface area contributed by atoms with E-state index < -0.39 is 23.7 Å². The van der Waals surface area contributed by atoms with Crippen molar-refractivity contribution in [2.45, 2.75) is 51.4 Å². The maximum absolute atomic E-state index is 13.1. The van der Waals surface area contributed by atoms with Crippen molar-refractivity contribution in [3.63, 3.8) is 0 Å². The van der Waals surface area contributed by atoms with E-state index in [9.17, 15) is 26.3 Å². The van der Waals surface area contributed by atoms with Gasteiger partial charge in [0.25, 0.3) is 0 Å². The average Bonchev–Trinajstić information content (AvgIpc) is 3.56. The van der Waals surface area contributed by atoms with Crippen LogP contribution in [-0.4, -0.2) is 25.4 Å². The zero-order chi connectivity index (χ0) is 25.2. The van der Waals surface area contributed by atoms with E-state index in [0.29, 0.717) is 5.56 Å². The molecular formula is C23H21F6N5S. The van der Waals surface area contributed by atoms with Crippen LogP contribution < -0.4 is 0 Å². The average molecular weight is 514 g/mol. The van der Waals surface area contributed by atoms with Gasteiger partial charge in [-0.1, -0.05) is 26.2 Å². The molecule has 4 aromatic rings. The number of hydrogen-bond donors (Lipinski definition) is 2. The summed E-state index contributed by atoms with van der Waals surface area (Å²) in [5.41, 5.74) is -1.41. The number of pyridine rings is 1. The second kappa shape index (κ2) is 9.84. The van der Waals surface area contributed by atoms with Crippen LogP contribution in [0.1, 0.15) is 48.9 Å². The monoisotopic (exact) mass is 513 g/mol. The van der Waals surface area contributed by atoms with E-state index in [0.717, 1.165) is 54.0 Å². The Hall–Kier alpha value is -3.15. The molecule has 0 unspecified atom stereocenters. The highest BCUT2D eigenvalue weighted by Gasteiger charge is 2.35. The Labute approximate surface area is 200 Å². The minimum Gasteiger partial charge on any atom is -0.276 e. The first-order chi connectivity index (χ1) is 16.5. The number of rotatable bonds is 8. The number of thiophene rings is 1. The molecule has 2 N–H and O–H groups in total. The zero-order valence-corrected chi connectivity index (χ0v) is 19.3. The smallest absolute Gasteiger partial charge is 0.276 e. The molecule has 4 rings (SSSR count). The van der Waals surface area contributed by atoms with Gasteiger partial charge in [-0.15, -0.1) is 11.3 Å². The maximum atomic E-state index is 13.1. The van der Waals surface area contributed by atoms with Crippen molar-refractivity contribution in [1.82, 2.24) is 25.4 Å². The fourth-order valence-corrected chi connectivity index (χ4v) is 4.58. The summed E-state index contributed by atoms with van der Waals surface area (Å²) in [6, 6.07) is 8.69. The fourth-order valence-electron chi connectivity index (χ4n) is 3.54. The lowest BCUT2D eigenvalue weighted by atomic mass is 10.1. The second-order valence-corrected chi connectivity index (χ2v) is 9.20. The number of halogens is 6. The number of nitrogens with one attached hydrogen (secondary N) is 2. The van der Waals surface area contributed by atoms with Gasteiger partial charge in [-0.3, -0.25) is 10.2 Å². The van der Waals surface area contributed by atoms with Gasteiger partial charge in [0.2, 0.25) is 0 Å². The number of hydrogen-bond acceptors (Lipinski definition) is 4. The van der Waals surface area contributed by atoms with Gasteiger partial charge < -0.3 is 0 Å². The van der Waals surface area contributed by atoms with Crippen molar-refractivity contribution in [2.75, 3.05) is 0 Å². The molecule has 0 atom stereocenters. The van der Waals surface area contributed by atoms with Crippen molar-refractivity contribution in [3.8, 4) is 33.2 Å². The molecule has 5 nitrogen and oxygen atoms in total. The largest absolute Gasteiger partial charge is 0.435 e. The fraction of sp³-hybridized carbons (Fsp3) is 0.348. The first-order valence-electron chi connectivity index (χ1n) is 10.9. The quantitative estimate of drug-likeness (QED) is 0.187. The number of aromatic nitrogens is 5. The summed E-state index contributed by atoms with van der Waals surface area (Å²) in [7, 11) is 0. The van der Waals surface area contributed by atoms with Gasteiger partial charge in [0, 0.05) is 9.75 Å². The van der Waals surface area contributed by atoms with Crippen molar-refractivity contribution >= 4 is 11.3 Å². The van der Waals surface area contributed by atoms with Crippen molar-refractivity contribution < 1.29 is 26.3 Å². The molecule has 186 valence electrons. The number of aromatic amines is 2. The molecule has 0 spiro atoms. The maximum Gasteiger partial charge on any atom is 0.435 e. The van der Waals surface area contributed by atoms with Gasteiger partial charge in [0.1, 0.15) is 0 Å². The summed E-state index contributed by atoms with van der Waals surface area (Å²) < 4.78 is 78.3. The highest BCUT2D eigenvalue weighted by atomic mass is 32.1. The van der Waals surface area contributed by atoms with E-state index in [1.54, 1.807) is 12.1 Å². The van der Waals surface area contributed by atoms with E-state index >= 15 is 0 Å². The van der Waals surface area contributed by atoms with Crippen LogP contribution >= 0.6 is 11.3 Å². The SMILES string of the molecule is CCCCCCc1ccc(-c2cc(-c3cc(C(F)(F)F)n[nH]3)nc(-c3cc(C(F)(F)F)n[nH]3)c2)s1. The minimum atomic E-state index is -4.65. The van der Waals surface area contributed by atoms with Gasteiger partial charge >= 0.3 is 12.4 Å². The van der Waals surface area contributed by atoms with Crippen LogP contribution in [0, 0.1) is 0 Å². The number of nitrogens with zero attached hydrogens (tertiary/aromatic N) is 3. The summed E-state index contributed by atoms with van der Waals surface area (Å²) >= 11 is 1.53. The molecule has 12 heteroatoms. The Kier molecular flexibility index (Phi) is 7.02. The molecule has 0 saturated carbocycles. The molecule has 0 fully saturated rings. The summed E-state index contributed by atoms with van der Waals surface area (Å²) in [6.07, 6.45) is -3.95. The molecular weight excluding hydrogens is 492 g/mol. The molecule has 0 aliphatic heterocycles. The minimum absolute atomic E-state index is 0.00710. The van der Waals surface area contributed by atoms with Gasteiger partial charge in [-0.2, -0.15) is 36.5 Å². The van der Waals surface area contributed by atoms with E-state index in [2.05, 4.69) is 32.3 Å². The first-order valence-corrected chi connectivity index (χ1v) is 11.7.